The summed E-state index contributed by atoms with van der Waals surface area (Å²) in [5.74, 6) is 0. The lowest BCUT2D eigenvalue weighted by Gasteiger charge is -2.05. The van der Waals surface area contributed by atoms with Crippen LogP contribution in [0, 0.1) is 6.92 Å². The lowest BCUT2D eigenvalue weighted by molar-refractivity contribution is 1.05. The van der Waals surface area contributed by atoms with Gasteiger partial charge in [0.2, 0.25) is 0 Å². The van der Waals surface area contributed by atoms with Crippen LogP contribution in [0.25, 0.3) is 0 Å². The minimum Gasteiger partial charge on any atom is -0.326 e. The molecule has 0 amide bonds. The van der Waals surface area contributed by atoms with E-state index in [9.17, 15) is 0 Å². The molecule has 0 fully saturated rings. The van der Waals surface area contributed by atoms with Crippen LogP contribution in [0.2, 0.25) is 0 Å². The maximum atomic E-state index is 5.59. The largest absolute Gasteiger partial charge is 0.326 e. The molecule has 2 N–H and O–H groups in total. The summed E-state index contributed by atoms with van der Waals surface area (Å²) in [5.41, 5.74) is 8.03. The van der Waals surface area contributed by atoms with E-state index in [1.54, 1.807) is 23.1 Å². The fourth-order valence-corrected chi connectivity index (χ4v) is 2.95. The highest BCUT2D eigenvalue weighted by molar-refractivity contribution is 8.01. The summed E-state index contributed by atoms with van der Waals surface area (Å²) in [5, 5.41) is 1.99. The van der Waals surface area contributed by atoms with Crippen molar-refractivity contribution in [2.24, 2.45) is 5.73 Å². The van der Waals surface area contributed by atoms with E-state index in [1.165, 1.54) is 16.0 Å². The van der Waals surface area contributed by atoms with E-state index in [1.807, 2.05) is 11.6 Å². The predicted molar refractivity (Wildman–Crippen MR) is 65.3 cm³/mol. The molecule has 0 aliphatic heterocycles. The molecular formula is C11H12N2S2. The molecule has 2 nitrogen and oxygen atoms in total. The molecule has 1 aromatic carbocycles. The lowest BCUT2D eigenvalue weighted by Crippen LogP contribution is -1.96. The van der Waals surface area contributed by atoms with Crippen molar-refractivity contribution in [2.45, 2.75) is 22.7 Å². The molecule has 0 aliphatic carbocycles. The summed E-state index contributed by atoms with van der Waals surface area (Å²) in [6.07, 6.45) is 1.83. The lowest BCUT2D eigenvalue weighted by atomic mass is 10.1. The predicted octanol–water partition coefficient (Wildman–Crippen LogP) is 3.06. The Morgan fingerprint density at radius 3 is 2.93 bits per heavy atom. The van der Waals surface area contributed by atoms with Gasteiger partial charge in [0.25, 0.3) is 0 Å². The molecule has 4 heteroatoms. The average molecular weight is 236 g/mol. The maximum absolute atomic E-state index is 5.59. The molecule has 0 radical (unpaired) electrons. The summed E-state index contributed by atoms with van der Waals surface area (Å²) in [6.45, 7) is 2.71. The van der Waals surface area contributed by atoms with Crippen LogP contribution in [0.15, 0.2) is 39.0 Å². The second-order valence-corrected chi connectivity index (χ2v) is 5.39. The highest BCUT2D eigenvalue weighted by Gasteiger charge is 2.03. The van der Waals surface area contributed by atoms with Gasteiger partial charge in [-0.05, 0) is 24.1 Å². The Balaban J connectivity index is 2.22. The van der Waals surface area contributed by atoms with E-state index in [0.29, 0.717) is 6.54 Å². The van der Waals surface area contributed by atoms with Crippen molar-refractivity contribution >= 4 is 23.1 Å². The van der Waals surface area contributed by atoms with Crippen LogP contribution >= 0.6 is 23.1 Å². The van der Waals surface area contributed by atoms with Crippen LogP contribution in [0.5, 0.6) is 0 Å². The van der Waals surface area contributed by atoms with Crippen molar-refractivity contribution in [1.82, 2.24) is 4.98 Å². The molecular weight excluding hydrogens is 224 g/mol. The van der Waals surface area contributed by atoms with Crippen molar-refractivity contribution in [3.63, 3.8) is 0 Å². The summed E-state index contributed by atoms with van der Waals surface area (Å²) in [6, 6.07) is 6.32. The Hall–Kier alpha value is -0.840. The molecule has 0 saturated heterocycles. The van der Waals surface area contributed by atoms with E-state index in [0.717, 1.165) is 4.34 Å². The first-order valence-corrected chi connectivity index (χ1v) is 6.36. The number of hydrogen-bond donors (Lipinski definition) is 1. The minimum absolute atomic E-state index is 0.600. The molecule has 0 saturated carbocycles. The molecule has 1 heterocycles. The monoisotopic (exact) mass is 236 g/mol. The third-order valence-corrected chi connectivity index (χ3v) is 4.14. The van der Waals surface area contributed by atoms with Crippen molar-refractivity contribution in [2.75, 3.05) is 0 Å². The first-order valence-electron chi connectivity index (χ1n) is 4.66. The van der Waals surface area contributed by atoms with Gasteiger partial charge >= 0.3 is 0 Å². The van der Waals surface area contributed by atoms with Crippen LogP contribution in [0.4, 0.5) is 0 Å². The second kappa shape index (κ2) is 4.79. The third-order valence-electron chi connectivity index (χ3n) is 2.08. The number of nitrogens with zero attached hydrogens (tertiary/aromatic N) is 1. The minimum atomic E-state index is 0.600. The van der Waals surface area contributed by atoms with Gasteiger partial charge in [-0.3, -0.25) is 0 Å². The van der Waals surface area contributed by atoms with E-state index >= 15 is 0 Å². The van der Waals surface area contributed by atoms with E-state index in [-0.39, 0.29) is 0 Å². The van der Waals surface area contributed by atoms with Gasteiger partial charge in [0.1, 0.15) is 0 Å². The topological polar surface area (TPSA) is 38.9 Å². The fraction of sp³-hybridized carbons (Fsp3) is 0.182. The maximum Gasteiger partial charge on any atom is 0.154 e. The average Bonchev–Trinajstić information content (AvgIpc) is 2.74. The molecule has 0 aliphatic rings. The normalized spacial score (nSPS) is 10.5. The van der Waals surface area contributed by atoms with E-state index < -0.39 is 0 Å². The van der Waals surface area contributed by atoms with Crippen molar-refractivity contribution in [1.29, 1.82) is 0 Å². The van der Waals surface area contributed by atoms with Crippen LogP contribution in [-0.4, -0.2) is 4.98 Å². The van der Waals surface area contributed by atoms with Gasteiger partial charge in [-0.1, -0.05) is 23.9 Å². The first kappa shape index (κ1) is 10.7. The smallest absolute Gasteiger partial charge is 0.154 e. The third kappa shape index (κ3) is 2.59. The van der Waals surface area contributed by atoms with Gasteiger partial charge in [-0.2, -0.15) is 0 Å². The van der Waals surface area contributed by atoms with Gasteiger partial charge in [0, 0.05) is 23.0 Å². The molecule has 0 atom stereocenters. The molecule has 15 heavy (non-hydrogen) atoms. The number of aromatic nitrogens is 1. The number of benzene rings is 1. The molecule has 0 bridgehead atoms. The number of aryl methyl sites for hydroxylation is 1. The molecule has 78 valence electrons. The summed E-state index contributed by atoms with van der Waals surface area (Å²) in [7, 11) is 0. The Kier molecular flexibility index (Phi) is 3.41. The number of nitrogens with two attached hydrogens (primary N) is 1. The Bertz CT molecular complexity index is 438. The summed E-state index contributed by atoms with van der Waals surface area (Å²) < 4.78 is 1.08. The molecule has 2 aromatic rings. The van der Waals surface area contributed by atoms with Gasteiger partial charge in [0.05, 0.1) is 0 Å². The summed E-state index contributed by atoms with van der Waals surface area (Å²) >= 11 is 3.37. The Morgan fingerprint density at radius 1 is 1.47 bits per heavy atom. The van der Waals surface area contributed by atoms with Crippen molar-refractivity contribution in [3.05, 3.63) is 40.9 Å². The van der Waals surface area contributed by atoms with Crippen LogP contribution in [-0.2, 0) is 6.54 Å². The van der Waals surface area contributed by atoms with Crippen molar-refractivity contribution in [3.8, 4) is 0 Å². The van der Waals surface area contributed by atoms with Gasteiger partial charge in [-0.25, -0.2) is 4.98 Å². The second-order valence-electron chi connectivity index (χ2n) is 3.20. The quantitative estimate of drug-likeness (QED) is 0.890. The zero-order valence-electron chi connectivity index (χ0n) is 8.43. The number of thiazole rings is 1. The first-order chi connectivity index (χ1) is 7.29. The van der Waals surface area contributed by atoms with Gasteiger partial charge < -0.3 is 5.73 Å². The van der Waals surface area contributed by atoms with E-state index in [4.69, 9.17) is 5.73 Å². The summed E-state index contributed by atoms with van der Waals surface area (Å²) in [4.78, 5) is 5.50. The SMILES string of the molecule is Cc1cc(CN)ccc1Sc1nccs1. The number of rotatable bonds is 3. The van der Waals surface area contributed by atoms with Crippen LogP contribution in [0.3, 0.4) is 0 Å². The van der Waals surface area contributed by atoms with E-state index in [2.05, 4.69) is 30.1 Å². The fourth-order valence-electron chi connectivity index (χ4n) is 1.31. The molecule has 2 rings (SSSR count). The molecule has 0 spiro atoms. The highest BCUT2D eigenvalue weighted by atomic mass is 32.2. The standard InChI is InChI=1S/C11H12N2S2/c1-8-6-9(7-12)2-3-10(8)15-11-13-4-5-14-11/h2-6H,7,12H2,1H3. The van der Waals surface area contributed by atoms with Crippen LogP contribution < -0.4 is 5.73 Å². The zero-order valence-corrected chi connectivity index (χ0v) is 10.1. The highest BCUT2D eigenvalue weighted by Crippen LogP contribution is 2.31. The Labute approximate surface area is 97.5 Å². The zero-order chi connectivity index (χ0) is 10.7. The van der Waals surface area contributed by atoms with Crippen molar-refractivity contribution < 1.29 is 0 Å². The Morgan fingerprint density at radius 2 is 2.33 bits per heavy atom. The number of hydrogen-bond acceptors (Lipinski definition) is 4. The van der Waals surface area contributed by atoms with Crippen LogP contribution in [0.1, 0.15) is 11.1 Å². The molecule has 0 unspecified atom stereocenters. The van der Waals surface area contributed by atoms with Gasteiger partial charge in [0.15, 0.2) is 4.34 Å². The molecule has 1 aromatic heterocycles. The van der Waals surface area contributed by atoms with Gasteiger partial charge in [-0.15, -0.1) is 11.3 Å².